The standard InChI is InChI=1S/C14H18N2/c1-10-6-7-12(8-10)16-9-11-4-2-3-5-13(11)14(16)15/h2-5,10,12,15H,6-9H2,1H3. The van der Waals surface area contributed by atoms with Crippen LogP contribution in [-0.2, 0) is 6.54 Å². The van der Waals surface area contributed by atoms with Crippen LogP contribution in [0, 0.1) is 11.3 Å². The Labute approximate surface area is 96.8 Å². The van der Waals surface area contributed by atoms with E-state index in [0.29, 0.717) is 6.04 Å². The van der Waals surface area contributed by atoms with Gasteiger partial charge in [-0.3, -0.25) is 5.41 Å². The lowest BCUT2D eigenvalue weighted by molar-refractivity contribution is 0.312. The van der Waals surface area contributed by atoms with Crippen molar-refractivity contribution >= 4 is 5.84 Å². The normalized spacial score (nSPS) is 28.6. The second-order valence-corrected chi connectivity index (χ2v) is 5.21. The van der Waals surface area contributed by atoms with Gasteiger partial charge in [0.2, 0.25) is 0 Å². The summed E-state index contributed by atoms with van der Waals surface area (Å²) in [6.07, 6.45) is 3.85. The molecule has 2 nitrogen and oxygen atoms in total. The Balaban J connectivity index is 1.84. The predicted octanol–water partition coefficient (Wildman–Crippen LogP) is 3.02. The summed E-state index contributed by atoms with van der Waals surface area (Å²) in [5.74, 6) is 1.58. The van der Waals surface area contributed by atoms with Gasteiger partial charge in [-0.15, -0.1) is 0 Å². The summed E-state index contributed by atoms with van der Waals surface area (Å²) in [7, 11) is 0. The van der Waals surface area contributed by atoms with Gasteiger partial charge in [0.25, 0.3) is 0 Å². The van der Waals surface area contributed by atoms with E-state index in [9.17, 15) is 0 Å². The number of hydrogen-bond donors (Lipinski definition) is 1. The molecular formula is C14H18N2. The van der Waals surface area contributed by atoms with E-state index in [4.69, 9.17) is 5.41 Å². The molecule has 1 N–H and O–H groups in total. The SMILES string of the molecule is CC1CCC(N2Cc3ccccc3C2=N)C1. The molecule has 2 heteroatoms. The zero-order chi connectivity index (χ0) is 11.1. The Kier molecular flexibility index (Phi) is 2.23. The maximum absolute atomic E-state index is 8.24. The maximum Gasteiger partial charge on any atom is 0.128 e. The summed E-state index contributed by atoms with van der Waals surface area (Å²) in [6.45, 7) is 3.28. The molecule has 0 aromatic heterocycles. The minimum absolute atomic E-state index is 0.606. The van der Waals surface area contributed by atoms with Crippen LogP contribution in [0.2, 0.25) is 0 Å². The molecule has 16 heavy (non-hydrogen) atoms. The lowest BCUT2D eigenvalue weighted by atomic mass is 10.1. The smallest absolute Gasteiger partial charge is 0.128 e. The largest absolute Gasteiger partial charge is 0.349 e. The van der Waals surface area contributed by atoms with Crippen molar-refractivity contribution in [3.63, 3.8) is 0 Å². The Hall–Kier alpha value is -1.31. The van der Waals surface area contributed by atoms with Crippen LogP contribution in [0.3, 0.4) is 0 Å². The van der Waals surface area contributed by atoms with E-state index in [1.165, 1.54) is 24.8 Å². The Morgan fingerprint density at radius 2 is 2.06 bits per heavy atom. The van der Waals surface area contributed by atoms with Crippen molar-refractivity contribution in [2.45, 2.75) is 38.8 Å². The van der Waals surface area contributed by atoms with E-state index in [0.717, 1.165) is 23.9 Å². The number of fused-ring (bicyclic) bond motifs is 1. The minimum Gasteiger partial charge on any atom is -0.349 e. The fourth-order valence-corrected chi connectivity index (χ4v) is 3.08. The van der Waals surface area contributed by atoms with E-state index in [1.54, 1.807) is 0 Å². The zero-order valence-corrected chi connectivity index (χ0v) is 9.74. The molecular weight excluding hydrogens is 196 g/mol. The van der Waals surface area contributed by atoms with Crippen LogP contribution >= 0.6 is 0 Å². The zero-order valence-electron chi connectivity index (χ0n) is 9.74. The van der Waals surface area contributed by atoms with E-state index in [2.05, 4.69) is 30.0 Å². The van der Waals surface area contributed by atoms with Crippen LogP contribution in [0.1, 0.15) is 37.3 Å². The number of benzene rings is 1. The second kappa shape index (κ2) is 3.62. The highest BCUT2D eigenvalue weighted by atomic mass is 15.2. The van der Waals surface area contributed by atoms with Gasteiger partial charge in [-0.25, -0.2) is 0 Å². The van der Waals surface area contributed by atoms with Crippen molar-refractivity contribution in [3.8, 4) is 0 Å². The van der Waals surface area contributed by atoms with Gasteiger partial charge in [0.1, 0.15) is 5.84 Å². The molecule has 1 aromatic rings. The Morgan fingerprint density at radius 1 is 1.25 bits per heavy atom. The van der Waals surface area contributed by atoms with Crippen LogP contribution < -0.4 is 0 Å². The molecule has 2 atom stereocenters. The van der Waals surface area contributed by atoms with Gasteiger partial charge in [0.15, 0.2) is 0 Å². The third-order valence-corrected chi connectivity index (χ3v) is 4.01. The molecule has 0 spiro atoms. The van der Waals surface area contributed by atoms with Gasteiger partial charge >= 0.3 is 0 Å². The van der Waals surface area contributed by atoms with Crippen molar-refractivity contribution < 1.29 is 0 Å². The lowest BCUT2D eigenvalue weighted by Gasteiger charge is -2.25. The van der Waals surface area contributed by atoms with Crippen molar-refractivity contribution in [1.82, 2.24) is 4.90 Å². The third-order valence-electron chi connectivity index (χ3n) is 4.01. The molecule has 1 aromatic carbocycles. The van der Waals surface area contributed by atoms with E-state index >= 15 is 0 Å². The first kappa shape index (κ1) is 9.88. The molecule has 1 fully saturated rings. The van der Waals surface area contributed by atoms with Crippen LogP contribution in [0.5, 0.6) is 0 Å². The minimum atomic E-state index is 0.606. The van der Waals surface area contributed by atoms with Crippen molar-refractivity contribution in [1.29, 1.82) is 5.41 Å². The fraction of sp³-hybridized carbons (Fsp3) is 0.500. The van der Waals surface area contributed by atoms with Crippen LogP contribution in [-0.4, -0.2) is 16.8 Å². The summed E-state index contributed by atoms with van der Waals surface area (Å²) in [4.78, 5) is 2.30. The molecule has 84 valence electrons. The topological polar surface area (TPSA) is 27.1 Å². The summed E-state index contributed by atoms with van der Waals surface area (Å²) < 4.78 is 0. The average molecular weight is 214 g/mol. The number of amidine groups is 1. The van der Waals surface area contributed by atoms with Gasteiger partial charge in [0.05, 0.1) is 0 Å². The molecule has 1 aliphatic heterocycles. The first-order valence-corrected chi connectivity index (χ1v) is 6.19. The summed E-state index contributed by atoms with van der Waals surface area (Å²) >= 11 is 0. The highest BCUT2D eigenvalue weighted by Gasteiger charge is 2.33. The Bertz CT molecular complexity index is 424. The molecule has 0 saturated heterocycles. The van der Waals surface area contributed by atoms with Crippen molar-refractivity contribution in [3.05, 3.63) is 35.4 Å². The second-order valence-electron chi connectivity index (χ2n) is 5.21. The number of nitrogens with zero attached hydrogens (tertiary/aromatic N) is 1. The molecule has 1 saturated carbocycles. The summed E-state index contributed by atoms with van der Waals surface area (Å²) in [5, 5.41) is 8.24. The van der Waals surface area contributed by atoms with Crippen LogP contribution in [0.4, 0.5) is 0 Å². The third kappa shape index (κ3) is 1.44. The molecule has 0 amide bonds. The molecule has 1 heterocycles. The first-order valence-electron chi connectivity index (χ1n) is 6.19. The number of rotatable bonds is 1. The molecule has 0 radical (unpaired) electrons. The van der Waals surface area contributed by atoms with Gasteiger partial charge < -0.3 is 4.90 Å². The predicted molar refractivity (Wildman–Crippen MR) is 65.6 cm³/mol. The number of nitrogens with one attached hydrogen (secondary N) is 1. The highest BCUT2D eigenvalue weighted by molar-refractivity contribution is 6.00. The van der Waals surface area contributed by atoms with Crippen LogP contribution in [0.25, 0.3) is 0 Å². The van der Waals surface area contributed by atoms with Crippen LogP contribution in [0.15, 0.2) is 24.3 Å². The Morgan fingerprint density at radius 3 is 2.75 bits per heavy atom. The van der Waals surface area contributed by atoms with E-state index in [1.807, 2.05) is 6.07 Å². The van der Waals surface area contributed by atoms with E-state index < -0.39 is 0 Å². The van der Waals surface area contributed by atoms with Gasteiger partial charge in [-0.1, -0.05) is 31.2 Å². The van der Waals surface area contributed by atoms with E-state index in [-0.39, 0.29) is 0 Å². The van der Waals surface area contributed by atoms with Gasteiger partial charge in [0, 0.05) is 18.2 Å². The quantitative estimate of drug-likeness (QED) is 0.764. The summed E-state index contributed by atoms with van der Waals surface area (Å²) in [6, 6.07) is 8.95. The molecule has 2 aliphatic rings. The molecule has 2 unspecified atom stereocenters. The average Bonchev–Trinajstić information content (AvgIpc) is 2.84. The molecule has 3 rings (SSSR count). The molecule has 1 aliphatic carbocycles. The fourth-order valence-electron chi connectivity index (χ4n) is 3.08. The number of hydrogen-bond acceptors (Lipinski definition) is 1. The van der Waals surface area contributed by atoms with Gasteiger partial charge in [-0.05, 0) is 30.7 Å². The van der Waals surface area contributed by atoms with Crippen molar-refractivity contribution in [2.24, 2.45) is 5.92 Å². The monoisotopic (exact) mass is 214 g/mol. The highest BCUT2D eigenvalue weighted by Crippen LogP contribution is 2.34. The lowest BCUT2D eigenvalue weighted by Crippen LogP contribution is -2.33. The first-order chi connectivity index (χ1) is 7.75. The van der Waals surface area contributed by atoms with Gasteiger partial charge in [-0.2, -0.15) is 0 Å². The summed E-state index contributed by atoms with van der Waals surface area (Å²) in [5.41, 5.74) is 2.47. The van der Waals surface area contributed by atoms with Crippen molar-refractivity contribution in [2.75, 3.05) is 0 Å². The molecule has 0 bridgehead atoms. The maximum atomic E-state index is 8.24.